The summed E-state index contributed by atoms with van der Waals surface area (Å²) in [7, 11) is -9.82. The fraction of sp³-hybridized carbons (Fsp3) is 0.538. The molecule has 32 heavy (non-hydrogen) atoms. The number of carbonyl (C=O) groups is 4. The van der Waals surface area contributed by atoms with Crippen molar-refractivity contribution in [3.05, 3.63) is 11.3 Å². The zero-order valence-electron chi connectivity index (χ0n) is 16.1. The zero-order chi connectivity index (χ0) is 24.6. The number of nitrogens with zero attached hydrogens (tertiary/aromatic N) is 1. The van der Waals surface area contributed by atoms with Gasteiger partial charge in [-0.05, 0) is 0 Å². The first kappa shape index (κ1) is 26.3. The lowest BCUT2D eigenvalue weighted by molar-refractivity contribution is -0.192. The summed E-state index contributed by atoms with van der Waals surface area (Å²) >= 11 is 0.906. The number of carbonyl (C=O) groups excluding carboxylic acids is 3. The van der Waals surface area contributed by atoms with Crippen molar-refractivity contribution in [1.29, 1.82) is 0 Å². The van der Waals surface area contributed by atoms with E-state index in [0.717, 1.165) is 23.8 Å². The molecule has 19 heteroatoms. The number of nitrogens with two attached hydrogens (primary N) is 1. The molecule has 180 valence electrons. The Bertz CT molecular complexity index is 952. The molecule has 2 rings (SSSR count). The molecular weight excluding hydrogens is 500 g/mol. The molecule has 2 heterocycles. The molecule has 0 radical (unpaired) electrons. The van der Waals surface area contributed by atoms with Gasteiger partial charge in [-0.15, -0.1) is 11.8 Å². The van der Waals surface area contributed by atoms with Crippen LogP contribution in [0.15, 0.2) is 11.3 Å². The molecule has 0 bridgehead atoms. The summed E-state index contributed by atoms with van der Waals surface area (Å²) in [5.41, 5.74) is 2.18. The average Bonchev–Trinajstić information content (AvgIpc) is 2.65. The number of thioether (sulfide) groups is 1. The second-order valence-electron chi connectivity index (χ2n) is 6.55. The van der Waals surface area contributed by atoms with Gasteiger partial charge < -0.3 is 45.2 Å². The summed E-state index contributed by atoms with van der Waals surface area (Å²) in [6.45, 7) is -0.515. The molecule has 1 saturated heterocycles. The van der Waals surface area contributed by atoms with Crippen LogP contribution >= 0.6 is 27.0 Å². The maximum absolute atomic E-state index is 12.8. The van der Waals surface area contributed by atoms with Gasteiger partial charge in [-0.3, -0.25) is 23.6 Å². The maximum Gasteiger partial charge on any atom is 0.404 e. The highest BCUT2D eigenvalue weighted by atomic mass is 32.2. The number of methoxy groups -OCH3 is 1. The lowest BCUT2D eigenvalue weighted by Crippen LogP contribution is -2.80. The van der Waals surface area contributed by atoms with Gasteiger partial charge >= 0.3 is 27.3 Å². The first-order valence-electron chi connectivity index (χ1n) is 8.35. The Morgan fingerprint density at radius 3 is 2.28 bits per heavy atom. The highest BCUT2D eigenvalue weighted by molar-refractivity contribution is 8.00. The van der Waals surface area contributed by atoms with Crippen LogP contribution in [-0.4, -0.2) is 89.4 Å². The summed E-state index contributed by atoms with van der Waals surface area (Å²) in [5, 5.41) is 7.74. The third kappa shape index (κ3) is 5.00. The number of carboxylic acids is 1. The van der Waals surface area contributed by atoms with E-state index in [1.54, 1.807) is 0 Å². The van der Waals surface area contributed by atoms with Crippen LogP contribution < -0.4 is 11.1 Å². The van der Waals surface area contributed by atoms with Crippen molar-refractivity contribution in [2.24, 2.45) is 5.73 Å². The highest BCUT2D eigenvalue weighted by Crippen LogP contribution is 2.61. The van der Waals surface area contributed by atoms with Crippen LogP contribution in [-0.2, 0) is 33.0 Å². The van der Waals surface area contributed by atoms with E-state index in [9.17, 15) is 33.4 Å². The predicted octanol–water partition coefficient (Wildman–Crippen LogP) is -2.13. The van der Waals surface area contributed by atoms with Gasteiger partial charge in [0.25, 0.3) is 11.6 Å². The second-order valence-corrected chi connectivity index (χ2v) is 11.6. The van der Waals surface area contributed by atoms with E-state index < -0.39 is 74.3 Å². The van der Waals surface area contributed by atoms with Gasteiger partial charge in [0.15, 0.2) is 5.40 Å². The van der Waals surface area contributed by atoms with Crippen molar-refractivity contribution in [1.82, 2.24) is 10.2 Å². The van der Waals surface area contributed by atoms with Gasteiger partial charge in [0.05, 0.1) is 6.42 Å². The second kappa shape index (κ2) is 9.11. The maximum atomic E-state index is 12.8. The number of hydrogen-bond donors (Lipinski definition) is 7. The summed E-state index contributed by atoms with van der Waals surface area (Å²) < 4.78 is 32.4. The third-order valence-corrected chi connectivity index (χ3v) is 9.59. The normalized spacial score (nSPS) is 23.5. The van der Waals surface area contributed by atoms with E-state index in [1.165, 1.54) is 0 Å². The average molecular weight is 519 g/mol. The molecule has 2 aliphatic rings. The van der Waals surface area contributed by atoms with E-state index in [-0.39, 0.29) is 11.3 Å². The number of nitrogens with one attached hydrogen (secondary N) is 1. The minimum Gasteiger partial charge on any atom is -0.477 e. The van der Waals surface area contributed by atoms with Crippen molar-refractivity contribution in [2.75, 3.05) is 19.5 Å². The molecule has 8 N–H and O–H groups in total. The van der Waals surface area contributed by atoms with Gasteiger partial charge in [-0.25, -0.2) is 9.59 Å². The molecule has 1 fully saturated rings. The van der Waals surface area contributed by atoms with Crippen LogP contribution in [0.5, 0.6) is 0 Å². The smallest absolute Gasteiger partial charge is 0.404 e. The van der Waals surface area contributed by atoms with E-state index in [1.807, 2.05) is 5.32 Å². The number of β-lactam (4-membered cyclic amide) rings is 1. The third-order valence-electron chi connectivity index (χ3n) is 4.49. The van der Waals surface area contributed by atoms with Crippen LogP contribution in [0.1, 0.15) is 6.42 Å². The van der Waals surface area contributed by atoms with Crippen LogP contribution in [0.3, 0.4) is 0 Å². The van der Waals surface area contributed by atoms with Gasteiger partial charge in [0.2, 0.25) is 5.91 Å². The number of carboxylic acid groups (broad SMARTS) is 1. The fourth-order valence-corrected chi connectivity index (χ4v) is 6.87. The molecular formula is C13H19N3O13P2S. The minimum absolute atomic E-state index is 0.0324. The number of fused-ring (bicyclic) bond motifs is 1. The van der Waals surface area contributed by atoms with Crippen LogP contribution in [0.25, 0.3) is 0 Å². The Balaban J connectivity index is 2.29. The topological polar surface area (TPSA) is 263 Å². The SMILES string of the molecule is COC1(NC(=O)CC(P(=O)(O)O)P(=O)(O)O)C(=O)N2C(C(=O)O)=C(COC(N)=O)CS[C@H]21. The summed E-state index contributed by atoms with van der Waals surface area (Å²) in [5.74, 6) is -4.05. The predicted molar refractivity (Wildman–Crippen MR) is 104 cm³/mol. The molecule has 3 amide bonds. The molecule has 2 aliphatic heterocycles. The summed E-state index contributed by atoms with van der Waals surface area (Å²) in [4.78, 5) is 85.0. The van der Waals surface area contributed by atoms with Crippen LogP contribution in [0.4, 0.5) is 4.79 Å². The Labute approximate surface area is 183 Å². The van der Waals surface area contributed by atoms with Crippen molar-refractivity contribution in [3.8, 4) is 0 Å². The lowest BCUT2D eigenvalue weighted by Gasteiger charge is -2.55. The van der Waals surface area contributed by atoms with Gasteiger partial charge in [-0.2, -0.15) is 0 Å². The van der Waals surface area contributed by atoms with E-state index >= 15 is 0 Å². The zero-order valence-corrected chi connectivity index (χ0v) is 18.7. The summed E-state index contributed by atoms with van der Waals surface area (Å²) in [6, 6.07) is 0. The van der Waals surface area contributed by atoms with E-state index in [0.29, 0.717) is 0 Å². The molecule has 0 aromatic carbocycles. The molecule has 0 aromatic rings. The van der Waals surface area contributed by atoms with Gasteiger partial charge in [0.1, 0.15) is 17.7 Å². The lowest BCUT2D eigenvalue weighted by atomic mass is 9.98. The Hall–Kier alpha value is -1.97. The fourth-order valence-electron chi connectivity index (χ4n) is 3.07. The highest BCUT2D eigenvalue weighted by Gasteiger charge is 2.67. The van der Waals surface area contributed by atoms with E-state index in [4.69, 9.17) is 30.0 Å². The van der Waals surface area contributed by atoms with Crippen molar-refractivity contribution >= 4 is 50.8 Å². The number of ether oxygens (including phenoxy) is 2. The molecule has 1 unspecified atom stereocenters. The largest absolute Gasteiger partial charge is 0.477 e. The van der Waals surface area contributed by atoms with Gasteiger partial charge in [0, 0.05) is 18.4 Å². The molecule has 0 aromatic heterocycles. The molecule has 0 spiro atoms. The number of amides is 3. The molecule has 0 saturated carbocycles. The van der Waals surface area contributed by atoms with Crippen LogP contribution in [0.2, 0.25) is 0 Å². The number of rotatable bonds is 9. The summed E-state index contributed by atoms with van der Waals surface area (Å²) in [6.07, 6.45) is -2.52. The standard InChI is InChI=1S/C13H19N3O13P2S/c1-28-13(15-6(17)2-7(30(22,23)24)31(25,26)27)10(20)16-8(9(18)19)5(3-29-12(14)21)4-32-11(13)16/h7,11H,2-4H2,1H3,(H2,14,21)(H,15,17)(H,18,19)(H2,22,23,24)(H2,25,26,27)/t11-,13?/m0/s1. The van der Waals surface area contributed by atoms with Crippen molar-refractivity contribution in [3.63, 3.8) is 0 Å². The quantitative estimate of drug-likeness (QED) is 0.0974. The van der Waals surface area contributed by atoms with Crippen molar-refractivity contribution < 1.29 is 62.5 Å². The Morgan fingerprint density at radius 1 is 1.28 bits per heavy atom. The van der Waals surface area contributed by atoms with Crippen molar-refractivity contribution in [2.45, 2.75) is 22.9 Å². The number of aliphatic carboxylic acids is 1. The first-order chi connectivity index (χ1) is 14.6. The molecule has 0 aliphatic carbocycles. The molecule has 16 nitrogen and oxygen atoms in total. The minimum atomic E-state index is -5.41. The monoisotopic (exact) mass is 519 g/mol. The van der Waals surface area contributed by atoms with E-state index in [2.05, 4.69) is 4.74 Å². The van der Waals surface area contributed by atoms with Crippen LogP contribution in [0, 0.1) is 0 Å². The first-order valence-corrected chi connectivity index (χ1v) is 12.8. The number of hydrogen-bond acceptors (Lipinski definition) is 9. The molecule has 2 atom stereocenters. The Kier molecular flexibility index (Phi) is 7.48. The number of primary amides is 1. The van der Waals surface area contributed by atoms with Gasteiger partial charge in [-0.1, -0.05) is 0 Å². The Morgan fingerprint density at radius 2 is 1.84 bits per heavy atom.